The maximum Gasteiger partial charge on any atom is 0.409 e. The molecule has 1 aliphatic rings. The molecule has 0 aliphatic carbocycles. The Kier molecular flexibility index (Phi) is 36.7. The molecule has 59 heavy (non-hydrogen) atoms. The lowest BCUT2D eigenvalue weighted by Gasteiger charge is -2.42. The summed E-state index contributed by atoms with van der Waals surface area (Å²) >= 11 is 0. The number of nitrogens with zero attached hydrogens (tertiary/aromatic N) is 2. The highest BCUT2D eigenvalue weighted by atomic mass is 16.7. The summed E-state index contributed by atoms with van der Waals surface area (Å²) in [5.41, 5.74) is 0. The molecule has 0 radical (unpaired) electrons. The van der Waals surface area contributed by atoms with Crippen molar-refractivity contribution in [3.05, 3.63) is 24.3 Å². The third-order valence-corrected chi connectivity index (χ3v) is 11.1. The quantitative estimate of drug-likeness (QED) is 0.0196. The minimum atomic E-state index is -0.470. The van der Waals surface area contributed by atoms with E-state index in [9.17, 15) is 14.4 Å². The Labute approximate surface area is 361 Å². The molecule has 0 aromatic carbocycles. The molecule has 1 unspecified atom stereocenters. The second-order valence-electron chi connectivity index (χ2n) is 16.7. The predicted octanol–water partition coefficient (Wildman–Crippen LogP) is 12.1. The average Bonchev–Trinajstić information content (AvgIpc) is 3.22. The Morgan fingerprint density at radius 2 is 1.03 bits per heavy atom. The van der Waals surface area contributed by atoms with Crippen molar-refractivity contribution in [2.24, 2.45) is 5.92 Å². The fraction of sp³-hybridized carbons (Fsp3) is 0.857. The van der Waals surface area contributed by atoms with Crippen molar-refractivity contribution in [2.75, 3.05) is 59.7 Å². The maximum atomic E-state index is 13.0. The zero-order valence-corrected chi connectivity index (χ0v) is 38.7. The van der Waals surface area contributed by atoms with Gasteiger partial charge in [0, 0.05) is 46.2 Å². The van der Waals surface area contributed by atoms with E-state index in [2.05, 4.69) is 56.9 Å². The van der Waals surface area contributed by atoms with E-state index in [1.807, 2.05) is 0 Å². The summed E-state index contributed by atoms with van der Waals surface area (Å²) in [4.78, 5) is 42.4. The molecule has 1 heterocycles. The highest BCUT2D eigenvalue weighted by Crippen LogP contribution is 2.16. The number of carbonyl (C=O) groups is 3. The van der Waals surface area contributed by atoms with Crippen molar-refractivity contribution in [1.82, 2.24) is 9.80 Å². The molecule has 344 valence electrons. The Morgan fingerprint density at radius 3 is 1.59 bits per heavy atom. The minimum Gasteiger partial charge on any atom is -0.465 e. The summed E-state index contributed by atoms with van der Waals surface area (Å²) in [7, 11) is 1.75. The molecule has 0 spiro atoms. The van der Waals surface area contributed by atoms with Gasteiger partial charge in [-0.05, 0) is 57.9 Å². The van der Waals surface area contributed by atoms with Crippen molar-refractivity contribution >= 4 is 18.0 Å². The lowest BCUT2D eigenvalue weighted by molar-refractivity contribution is -0.161. The lowest BCUT2D eigenvalue weighted by atomic mass is 10.1. The van der Waals surface area contributed by atoms with Crippen molar-refractivity contribution in [1.29, 1.82) is 0 Å². The SMILES string of the molecule is CCCCC/C=C\C/C=C\CCCCCCCC(=O)OCC(COC(=O)CCC(OCCCCCCCC)OCCCCCCCC)COC(=O)N(C)C1CN(CC)C1. The number of carbonyl (C=O) groups excluding carboxylic acids is 3. The van der Waals surface area contributed by atoms with E-state index < -0.39 is 18.3 Å². The highest BCUT2D eigenvalue weighted by Gasteiger charge is 2.32. The van der Waals surface area contributed by atoms with Crippen LogP contribution in [0.25, 0.3) is 0 Å². The molecule has 0 bridgehead atoms. The molecule has 1 rings (SSSR count). The molecule has 10 heteroatoms. The first-order valence-corrected chi connectivity index (χ1v) is 24.3. The van der Waals surface area contributed by atoms with Crippen LogP contribution in [0.1, 0.15) is 195 Å². The first kappa shape index (κ1) is 54.6. The van der Waals surface area contributed by atoms with Gasteiger partial charge in [0.05, 0.1) is 18.4 Å². The van der Waals surface area contributed by atoms with Crippen LogP contribution in [0.3, 0.4) is 0 Å². The van der Waals surface area contributed by atoms with Crippen LogP contribution < -0.4 is 0 Å². The number of esters is 2. The third-order valence-electron chi connectivity index (χ3n) is 11.1. The van der Waals surface area contributed by atoms with Crippen LogP contribution in [0.2, 0.25) is 0 Å². The van der Waals surface area contributed by atoms with Gasteiger partial charge in [-0.2, -0.15) is 0 Å². The Bertz CT molecular complexity index is 1040. The summed E-state index contributed by atoms with van der Waals surface area (Å²) in [5, 5.41) is 0. The number of likely N-dealkylation sites (tertiary alicyclic amines) is 1. The van der Waals surface area contributed by atoms with Gasteiger partial charge in [-0.15, -0.1) is 0 Å². The van der Waals surface area contributed by atoms with Crippen LogP contribution in [-0.4, -0.2) is 99.9 Å². The van der Waals surface area contributed by atoms with E-state index in [1.54, 1.807) is 11.9 Å². The van der Waals surface area contributed by atoms with Crippen molar-refractivity contribution in [2.45, 2.75) is 207 Å². The Hall–Kier alpha value is -2.43. The van der Waals surface area contributed by atoms with E-state index in [0.717, 1.165) is 90.3 Å². The second kappa shape index (κ2) is 39.7. The molecule has 1 amide bonds. The van der Waals surface area contributed by atoms with E-state index in [1.165, 1.54) is 77.0 Å². The number of allylic oxidation sites excluding steroid dienone is 4. The zero-order valence-electron chi connectivity index (χ0n) is 38.7. The first-order valence-electron chi connectivity index (χ1n) is 24.3. The van der Waals surface area contributed by atoms with E-state index >= 15 is 0 Å². The normalized spacial score (nSPS) is 14.0. The highest BCUT2D eigenvalue weighted by molar-refractivity contribution is 5.70. The van der Waals surface area contributed by atoms with Crippen LogP contribution in [0, 0.1) is 5.92 Å². The van der Waals surface area contributed by atoms with Crippen LogP contribution in [0.5, 0.6) is 0 Å². The molecular formula is C49H90N2O8. The summed E-state index contributed by atoms with van der Waals surface area (Å²) in [6.45, 7) is 12.6. The fourth-order valence-electron chi connectivity index (χ4n) is 6.92. The fourth-order valence-corrected chi connectivity index (χ4v) is 6.92. The number of rotatable bonds is 41. The number of hydrogen-bond donors (Lipinski definition) is 0. The van der Waals surface area contributed by atoms with Crippen molar-refractivity contribution in [3.63, 3.8) is 0 Å². The van der Waals surface area contributed by atoms with Crippen LogP contribution in [-0.2, 0) is 33.3 Å². The molecule has 1 aliphatic heterocycles. The summed E-state index contributed by atoms with van der Waals surface area (Å²) < 4.78 is 29.2. The molecule has 0 N–H and O–H groups in total. The van der Waals surface area contributed by atoms with E-state index in [4.69, 9.17) is 23.7 Å². The molecule has 1 saturated heterocycles. The number of amides is 1. The van der Waals surface area contributed by atoms with Gasteiger partial charge in [-0.25, -0.2) is 4.79 Å². The average molecular weight is 835 g/mol. The topological polar surface area (TPSA) is 104 Å². The van der Waals surface area contributed by atoms with Gasteiger partial charge in [0.25, 0.3) is 0 Å². The standard InChI is InChI=1S/C49H90N2O8/c1-6-10-13-16-19-20-21-22-23-24-25-26-27-28-31-34-46(52)57-41-44(43-59-49(54)50(5)45-39-51(9-4)40-45)42-58-47(53)35-36-48(55-37-32-29-17-14-11-7-2)56-38-33-30-18-15-12-8-3/h19-20,22-23,44-45,48H,6-18,21,24-43H2,1-5H3/b20-19-,23-22-. The van der Waals surface area contributed by atoms with Crippen LogP contribution >= 0.6 is 0 Å². The summed E-state index contributed by atoms with van der Waals surface area (Å²) in [6, 6.07) is 0.111. The maximum absolute atomic E-state index is 13.0. The summed E-state index contributed by atoms with van der Waals surface area (Å²) in [6.07, 6.45) is 35.6. The summed E-state index contributed by atoms with van der Waals surface area (Å²) in [5.74, 6) is -1.13. The second-order valence-corrected chi connectivity index (χ2v) is 16.7. The number of hydrogen-bond acceptors (Lipinski definition) is 9. The Balaban J connectivity index is 2.53. The Morgan fingerprint density at radius 1 is 0.576 bits per heavy atom. The lowest BCUT2D eigenvalue weighted by Crippen LogP contribution is -2.59. The monoisotopic (exact) mass is 835 g/mol. The van der Waals surface area contributed by atoms with E-state index in [-0.39, 0.29) is 44.2 Å². The van der Waals surface area contributed by atoms with Crippen molar-refractivity contribution < 1.29 is 38.1 Å². The number of unbranched alkanes of at least 4 members (excludes halogenated alkanes) is 18. The number of ether oxygens (including phenoxy) is 5. The number of likely N-dealkylation sites (N-methyl/N-ethyl adjacent to an activating group) is 2. The van der Waals surface area contributed by atoms with Gasteiger partial charge in [-0.3, -0.25) is 14.5 Å². The van der Waals surface area contributed by atoms with Crippen molar-refractivity contribution in [3.8, 4) is 0 Å². The predicted molar refractivity (Wildman–Crippen MR) is 241 cm³/mol. The van der Waals surface area contributed by atoms with Gasteiger partial charge < -0.3 is 28.6 Å². The van der Waals surface area contributed by atoms with Crippen LogP contribution in [0.15, 0.2) is 24.3 Å². The molecule has 0 aromatic heterocycles. The van der Waals surface area contributed by atoms with Gasteiger partial charge in [0.15, 0.2) is 6.29 Å². The molecule has 0 aromatic rings. The largest absolute Gasteiger partial charge is 0.465 e. The molecular weight excluding hydrogens is 745 g/mol. The van der Waals surface area contributed by atoms with Crippen LogP contribution in [0.4, 0.5) is 4.79 Å². The first-order chi connectivity index (χ1) is 28.8. The molecule has 1 atom stereocenters. The van der Waals surface area contributed by atoms with Gasteiger partial charge >= 0.3 is 18.0 Å². The van der Waals surface area contributed by atoms with Gasteiger partial charge in [0.2, 0.25) is 0 Å². The van der Waals surface area contributed by atoms with Gasteiger partial charge in [0.1, 0.15) is 19.8 Å². The zero-order chi connectivity index (χ0) is 43.0. The smallest absolute Gasteiger partial charge is 0.409 e. The molecule has 0 saturated carbocycles. The third kappa shape index (κ3) is 32.0. The van der Waals surface area contributed by atoms with Gasteiger partial charge in [-0.1, -0.05) is 148 Å². The molecule has 10 nitrogen and oxygen atoms in total. The minimum absolute atomic E-state index is 0.0109. The van der Waals surface area contributed by atoms with E-state index in [0.29, 0.717) is 26.1 Å². The molecule has 1 fully saturated rings.